The van der Waals surface area contributed by atoms with Gasteiger partial charge >= 0.3 is 0 Å². The van der Waals surface area contributed by atoms with E-state index >= 15 is 0 Å². The van der Waals surface area contributed by atoms with Gasteiger partial charge in [-0.25, -0.2) is 0 Å². The molecular weight excluding hydrogens is 873 g/mol. The van der Waals surface area contributed by atoms with E-state index in [4.69, 9.17) is 0 Å². The lowest BCUT2D eigenvalue weighted by molar-refractivity contribution is 0.631. The van der Waals surface area contributed by atoms with Gasteiger partial charge in [0.2, 0.25) is 0 Å². The van der Waals surface area contributed by atoms with E-state index in [0.29, 0.717) is 0 Å². The van der Waals surface area contributed by atoms with Crippen molar-refractivity contribution in [2.24, 2.45) is 0 Å². The summed E-state index contributed by atoms with van der Waals surface area (Å²) in [7, 11) is 0. The van der Waals surface area contributed by atoms with Crippen LogP contribution in [0.4, 0.5) is 34.1 Å². The van der Waals surface area contributed by atoms with Crippen molar-refractivity contribution < 1.29 is 0 Å². The summed E-state index contributed by atoms with van der Waals surface area (Å²) in [5, 5.41) is 7.43. The number of nitrogens with zero attached hydrogens (tertiary/aromatic N) is 4. The van der Waals surface area contributed by atoms with Gasteiger partial charge in [0.05, 0.1) is 33.4 Å². The normalized spacial score (nSPS) is 13.0. The molecule has 0 saturated heterocycles. The van der Waals surface area contributed by atoms with Crippen molar-refractivity contribution in [2.75, 3.05) is 9.80 Å². The third kappa shape index (κ3) is 6.46. The van der Waals surface area contributed by atoms with Crippen molar-refractivity contribution in [3.63, 3.8) is 0 Å². The molecule has 4 nitrogen and oxygen atoms in total. The Morgan fingerprint density at radius 3 is 1.26 bits per heavy atom. The lowest BCUT2D eigenvalue weighted by Crippen LogP contribution is -2.31. The number of fused-ring (bicyclic) bond motifs is 9. The Morgan fingerprint density at radius 2 is 0.764 bits per heavy atom. The monoisotopic (exact) mass is 922 g/mol. The number of para-hydroxylation sites is 4. The maximum atomic E-state index is 2.52. The van der Waals surface area contributed by atoms with Crippen LogP contribution in [0.3, 0.4) is 0 Å². The van der Waals surface area contributed by atoms with Gasteiger partial charge in [-0.2, -0.15) is 0 Å². The second-order valence-corrected chi connectivity index (χ2v) is 19.9. The van der Waals surface area contributed by atoms with E-state index in [1.807, 2.05) is 0 Å². The summed E-state index contributed by atoms with van der Waals surface area (Å²) in [4.78, 5) is 4.93. The zero-order valence-corrected chi connectivity index (χ0v) is 40.5. The largest absolute Gasteiger partial charge is 0.310 e. The quantitative estimate of drug-likeness (QED) is 0.158. The van der Waals surface area contributed by atoms with Crippen molar-refractivity contribution in [1.82, 2.24) is 9.13 Å². The first-order valence-corrected chi connectivity index (χ1v) is 25.0. The number of rotatable bonds is 7. The molecule has 1 aliphatic heterocycles. The van der Waals surface area contributed by atoms with Crippen LogP contribution in [0.2, 0.25) is 0 Å². The van der Waals surface area contributed by atoms with E-state index in [-0.39, 0.29) is 5.41 Å². The predicted octanol–water partition coefficient (Wildman–Crippen LogP) is 18.6. The average molecular weight is 923 g/mol. The van der Waals surface area contributed by atoms with Crippen LogP contribution >= 0.6 is 0 Å². The molecule has 342 valence electrons. The zero-order chi connectivity index (χ0) is 48.1. The fourth-order valence-electron chi connectivity index (χ4n) is 11.9. The second kappa shape index (κ2) is 16.2. The predicted molar refractivity (Wildman–Crippen MR) is 304 cm³/mol. The summed E-state index contributed by atoms with van der Waals surface area (Å²) in [6.45, 7) is 6.93. The van der Waals surface area contributed by atoms with Crippen molar-refractivity contribution in [3.8, 4) is 22.5 Å². The SMILES string of the molecule is Cc1ccc(N(c2ccc(N3c4cc(-n5c6ccccc6c6ccccc65)ccc4C(C)(C)c4ccc(-n5c6ccccc6c6ccccc65)cc43)cc2)c2cc(-c3ccccc3)c3ccccc3c2)cc1. The Hall–Kier alpha value is -9.12. The van der Waals surface area contributed by atoms with Gasteiger partial charge in [0.25, 0.3) is 0 Å². The Kier molecular flexibility index (Phi) is 9.43. The molecule has 0 radical (unpaired) electrons. The lowest BCUT2D eigenvalue weighted by atomic mass is 9.73. The summed E-state index contributed by atoms with van der Waals surface area (Å²) in [5.41, 5.74) is 19.6. The third-order valence-electron chi connectivity index (χ3n) is 15.3. The first-order chi connectivity index (χ1) is 35.4. The van der Waals surface area contributed by atoms with Crippen LogP contribution in [-0.4, -0.2) is 9.13 Å². The van der Waals surface area contributed by atoms with Gasteiger partial charge in [0, 0.05) is 61.1 Å². The number of hydrogen-bond acceptors (Lipinski definition) is 2. The minimum atomic E-state index is -0.311. The molecule has 0 spiro atoms. The Labute approximate surface area is 419 Å². The minimum Gasteiger partial charge on any atom is -0.310 e. The molecule has 4 heteroatoms. The molecule has 0 amide bonds. The Balaban J connectivity index is 0.989. The lowest BCUT2D eigenvalue weighted by Gasteiger charge is -2.42. The maximum absolute atomic E-state index is 2.52. The molecule has 2 aromatic heterocycles. The molecule has 11 aromatic carbocycles. The zero-order valence-electron chi connectivity index (χ0n) is 40.5. The van der Waals surface area contributed by atoms with Crippen molar-refractivity contribution in [1.29, 1.82) is 0 Å². The number of benzene rings is 11. The molecule has 0 atom stereocenters. The van der Waals surface area contributed by atoms with Gasteiger partial charge in [-0.15, -0.1) is 0 Å². The molecule has 72 heavy (non-hydrogen) atoms. The summed E-state index contributed by atoms with van der Waals surface area (Å²) >= 11 is 0. The van der Waals surface area contributed by atoms with Gasteiger partial charge in [-0.05, 0) is 137 Å². The number of anilines is 6. The summed E-state index contributed by atoms with van der Waals surface area (Å²) in [6, 6.07) is 91.8. The molecule has 0 bridgehead atoms. The van der Waals surface area contributed by atoms with Crippen LogP contribution in [0.5, 0.6) is 0 Å². The van der Waals surface area contributed by atoms with Crippen LogP contribution in [0.1, 0.15) is 30.5 Å². The van der Waals surface area contributed by atoms with Crippen LogP contribution in [0, 0.1) is 6.92 Å². The van der Waals surface area contributed by atoms with E-state index in [0.717, 1.165) is 45.5 Å². The van der Waals surface area contributed by atoms with Crippen LogP contribution < -0.4 is 9.80 Å². The first-order valence-electron chi connectivity index (χ1n) is 25.0. The smallest absolute Gasteiger partial charge is 0.0541 e. The molecule has 3 heterocycles. The molecule has 0 unspecified atom stereocenters. The highest BCUT2D eigenvalue weighted by atomic mass is 15.2. The first kappa shape index (κ1) is 41.8. The highest BCUT2D eigenvalue weighted by molar-refractivity contribution is 6.11. The summed E-state index contributed by atoms with van der Waals surface area (Å²) in [6.07, 6.45) is 0. The van der Waals surface area contributed by atoms with E-state index in [9.17, 15) is 0 Å². The van der Waals surface area contributed by atoms with Gasteiger partial charge in [-0.1, -0.05) is 171 Å². The highest BCUT2D eigenvalue weighted by Crippen LogP contribution is 2.54. The fraction of sp³-hybridized carbons (Fsp3) is 0.0588. The molecule has 14 rings (SSSR count). The van der Waals surface area contributed by atoms with Crippen molar-refractivity contribution in [2.45, 2.75) is 26.2 Å². The maximum Gasteiger partial charge on any atom is 0.0541 e. The third-order valence-corrected chi connectivity index (χ3v) is 15.3. The Morgan fingerprint density at radius 1 is 0.347 bits per heavy atom. The molecule has 0 fully saturated rings. The molecule has 13 aromatic rings. The van der Waals surface area contributed by atoms with Crippen LogP contribution in [-0.2, 0) is 5.41 Å². The highest BCUT2D eigenvalue weighted by Gasteiger charge is 2.38. The Bertz CT molecular complexity index is 3980. The van der Waals surface area contributed by atoms with E-state index < -0.39 is 0 Å². The van der Waals surface area contributed by atoms with Gasteiger partial charge in [0.15, 0.2) is 0 Å². The van der Waals surface area contributed by atoms with E-state index in [2.05, 4.69) is 288 Å². The van der Waals surface area contributed by atoms with E-state index in [1.165, 1.54) is 82.2 Å². The van der Waals surface area contributed by atoms with Gasteiger partial charge < -0.3 is 18.9 Å². The fourth-order valence-corrected chi connectivity index (χ4v) is 11.9. The van der Waals surface area contributed by atoms with E-state index in [1.54, 1.807) is 0 Å². The minimum absolute atomic E-state index is 0.311. The molecular formula is C68H50N4. The number of hydrogen-bond donors (Lipinski definition) is 0. The summed E-state index contributed by atoms with van der Waals surface area (Å²) < 4.78 is 4.88. The molecule has 1 aliphatic rings. The van der Waals surface area contributed by atoms with Crippen molar-refractivity contribution >= 4 is 88.5 Å². The van der Waals surface area contributed by atoms with Crippen LogP contribution in [0.15, 0.2) is 249 Å². The van der Waals surface area contributed by atoms with Crippen molar-refractivity contribution in [3.05, 3.63) is 265 Å². The van der Waals surface area contributed by atoms with Crippen LogP contribution in [0.25, 0.3) is 76.9 Å². The standard InChI is InChI=1S/C68H50N4/c1-45-29-31-48(32-30-45)69(53-41-47-19-7-8-20-54(47)59(42-53)46-17-5-4-6-18-46)49-33-35-50(36-34-49)70-66-43-51(71-62-25-13-9-21-55(62)56-22-10-14-26-63(56)71)37-39-60(66)68(2,3)61-40-38-52(44-67(61)70)72-64-27-15-11-23-57(64)58-24-12-16-28-65(58)72/h4-44H,1-3H3. The van der Waals surface area contributed by atoms with Gasteiger partial charge in [-0.3, -0.25) is 0 Å². The topological polar surface area (TPSA) is 16.3 Å². The average Bonchev–Trinajstić information content (AvgIpc) is 3.95. The van der Waals surface area contributed by atoms with Gasteiger partial charge in [0.1, 0.15) is 0 Å². The second-order valence-electron chi connectivity index (χ2n) is 19.9. The number of aromatic nitrogens is 2. The molecule has 0 N–H and O–H groups in total. The number of aryl methyl sites for hydroxylation is 1. The molecule has 0 aliphatic carbocycles. The summed E-state index contributed by atoms with van der Waals surface area (Å²) in [5.74, 6) is 0. The molecule has 0 saturated carbocycles.